The number of rotatable bonds is 6. The van der Waals surface area contributed by atoms with Gasteiger partial charge in [0.15, 0.2) is 0 Å². The summed E-state index contributed by atoms with van der Waals surface area (Å²) in [5.41, 5.74) is 0. The molecule has 2 heteroatoms. The Morgan fingerprint density at radius 3 is 2.43 bits per heavy atom. The molecule has 2 nitrogen and oxygen atoms in total. The summed E-state index contributed by atoms with van der Waals surface area (Å²) in [5.74, 6) is 0.769. The zero-order valence-corrected chi connectivity index (χ0v) is 9.66. The first-order chi connectivity index (χ1) is 6.65. The second kappa shape index (κ2) is 5.36. The van der Waals surface area contributed by atoms with Crippen LogP contribution in [0.2, 0.25) is 0 Å². The van der Waals surface area contributed by atoms with Gasteiger partial charge < -0.3 is 0 Å². The molecule has 0 aromatic heterocycles. The molecule has 0 aliphatic heterocycles. The van der Waals surface area contributed by atoms with Crippen molar-refractivity contribution in [1.82, 2.24) is 4.90 Å². The quantitative estimate of drug-likeness (QED) is 0.650. The Hall–Kier alpha value is -0.550. The molecule has 0 heterocycles. The van der Waals surface area contributed by atoms with E-state index in [1.807, 2.05) is 0 Å². The van der Waals surface area contributed by atoms with E-state index in [0.29, 0.717) is 12.5 Å². The average Bonchev–Trinajstić information content (AvgIpc) is 2.88. The van der Waals surface area contributed by atoms with Crippen molar-refractivity contribution in [2.45, 2.75) is 58.5 Å². The molecule has 1 rings (SSSR count). The Morgan fingerprint density at radius 2 is 2.00 bits per heavy atom. The van der Waals surface area contributed by atoms with Crippen LogP contribution in [0, 0.1) is 17.2 Å². The van der Waals surface area contributed by atoms with E-state index in [1.54, 1.807) is 0 Å². The van der Waals surface area contributed by atoms with Gasteiger partial charge in [0, 0.05) is 12.1 Å². The summed E-state index contributed by atoms with van der Waals surface area (Å²) in [6.07, 6.45) is 4.61. The van der Waals surface area contributed by atoms with Gasteiger partial charge in [0.25, 0.3) is 0 Å². The minimum atomic E-state index is 0.450. The Balaban J connectivity index is 2.35. The van der Waals surface area contributed by atoms with Crippen LogP contribution in [0.3, 0.4) is 0 Å². The van der Waals surface area contributed by atoms with Gasteiger partial charge in [-0.25, -0.2) is 0 Å². The molecule has 80 valence electrons. The fourth-order valence-corrected chi connectivity index (χ4v) is 1.83. The van der Waals surface area contributed by atoms with Crippen LogP contribution < -0.4 is 0 Å². The summed E-state index contributed by atoms with van der Waals surface area (Å²) >= 11 is 0. The van der Waals surface area contributed by atoms with E-state index in [1.165, 1.54) is 25.8 Å². The first-order valence-electron chi connectivity index (χ1n) is 5.77. The van der Waals surface area contributed by atoms with Crippen molar-refractivity contribution < 1.29 is 0 Å². The van der Waals surface area contributed by atoms with E-state index in [9.17, 15) is 0 Å². The highest BCUT2D eigenvalue weighted by molar-refractivity contribution is 4.90. The molecule has 0 N–H and O–H groups in total. The number of nitrogens with zero attached hydrogens (tertiary/aromatic N) is 2. The molecule has 0 radical (unpaired) electrons. The molecule has 1 atom stereocenters. The summed E-state index contributed by atoms with van der Waals surface area (Å²) in [4.78, 5) is 2.53. The monoisotopic (exact) mass is 194 g/mol. The molecule has 1 aliphatic rings. The molecule has 1 aliphatic carbocycles. The van der Waals surface area contributed by atoms with E-state index in [2.05, 4.69) is 31.7 Å². The van der Waals surface area contributed by atoms with Gasteiger partial charge in [-0.15, -0.1) is 0 Å². The molecular formula is C12H22N2. The van der Waals surface area contributed by atoms with E-state index in [4.69, 9.17) is 5.26 Å². The van der Waals surface area contributed by atoms with Crippen LogP contribution in [-0.4, -0.2) is 23.5 Å². The fourth-order valence-electron chi connectivity index (χ4n) is 1.83. The lowest BCUT2D eigenvalue weighted by atomic mass is 10.1. The molecule has 1 saturated carbocycles. The van der Waals surface area contributed by atoms with E-state index >= 15 is 0 Å². The Labute approximate surface area is 87.9 Å². The maximum absolute atomic E-state index is 8.69. The van der Waals surface area contributed by atoms with Crippen molar-refractivity contribution in [2.75, 3.05) is 6.54 Å². The van der Waals surface area contributed by atoms with Gasteiger partial charge in [0.05, 0.1) is 12.5 Å². The predicted molar refractivity (Wildman–Crippen MR) is 58.9 cm³/mol. The normalized spacial score (nSPS) is 18.6. The molecule has 0 amide bonds. The summed E-state index contributed by atoms with van der Waals surface area (Å²) in [7, 11) is 0. The average molecular weight is 194 g/mol. The lowest BCUT2D eigenvalue weighted by Gasteiger charge is -2.28. The van der Waals surface area contributed by atoms with E-state index in [0.717, 1.165) is 12.0 Å². The van der Waals surface area contributed by atoms with Crippen LogP contribution in [0.25, 0.3) is 0 Å². The van der Waals surface area contributed by atoms with Gasteiger partial charge in [-0.1, -0.05) is 13.8 Å². The third kappa shape index (κ3) is 3.67. The Kier molecular flexibility index (Phi) is 4.41. The summed E-state index contributed by atoms with van der Waals surface area (Å²) in [6, 6.07) is 3.52. The lowest BCUT2D eigenvalue weighted by molar-refractivity contribution is 0.190. The van der Waals surface area contributed by atoms with Crippen LogP contribution in [0.5, 0.6) is 0 Å². The number of hydrogen-bond donors (Lipinski definition) is 0. The standard InChI is InChI=1S/C12H22N2/c1-10(2)7-9-14(12-4-5-12)11(3)6-8-13/h10-12H,4-7,9H2,1-3H3. The van der Waals surface area contributed by atoms with Gasteiger partial charge in [-0.3, -0.25) is 4.90 Å². The molecule has 1 unspecified atom stereocenters. The third-order valence-corrected chi connectivity index (χ3v) is 2.93. The zero-order chi connectivity index (χ0) is 10.6. The van der Waals surface area contributed by atoms with Crippen molar-refractivity contribution in [3.05, 3.63) is 0 Å². The Morgan fingerprint density at radius 1 is 1.36 bits per heavy atom. The highest BCUT2D eigenvalue weighted by atomic mass is 15.2. The van der Waals surface area contributed by atoms with Crippen molar-refractivity contribution in [3.63, 3.8) is 0 Å². The molecule has 14 heavy (non-hydrogen) atoms. The molecule has 0 aromatic carbocycles. The number of hydrogen-bond acceptors (Lipinski definition) is 2. The molecular weight excluding hydrogens is 172 g/mol. The van der Waals surface area contributed by atoms with Gasteiger partial charge in [-0.2, -0.15) is 5.26 Å². The summed E-state index contributed by atoms with van der Waals surface area (Å²) in [5, 5.41) is 8.69. The first-order valence-corrected chi connectivity index (χ1v) is 5.77. The highest BCUT2D eigenvalue weighted by Gasteiger charge is 2.31. The van der Waals surface area contributed by atoms with Crippen LogP contribution in [0.15, 0.2) is 0 Å². The Bertz CT molecular complexity index is 201. The van der Waals surface area contributed by atoms with Gasteiger partial charge in [0.1, 0.15) is 0 Å². The molecule has 0 bridgehead atoms. The maximum Gasteiger partial charge on any atom is 0.0638 e. The first kappa shape index (κ1) is 11.5. The molecule has 0 spiro atoms. The molecule has 0 aromatic rings. The van der Waals surface area contributed by atoms with Crippen molar-refractivity contribution in [2.24, 2.45) is 5.92 Å². The van der Waals surface area contributed by atoms with Crippen LogP contribution in [-0.2, 0) is 0 Å². The smallest absolute Gasteiger partial charge is 0.0638 e. The van der Waals surface area contributed by atoms with Gasteiger partial charge in [0.2, 0.25) is 0 Å². The number of nitriles is 1. The minimum Gasteiger partial charge on any atom is -0.297 e. The lowest BCUT2D eigenvalue weighted by Crippen LogP contribution is -2.36. The predicted octanol–water partition coefficient (Wildman–Crippen LogP) is 2.80. The van der Waals surface area contributed by atoms with Crippen molar-refractivity contribution >= 4 is 0 Å². The second-order valence-corrected chi connectivity index (χ2v) is 4.86. The van der Waals surface area contributed by atoms with Crippen LogP contribution in [0.1, 0.15) is 46.5 Å². The molecule has 0 saturated heterocycles. The van der Waals surface area contributed by atoms with Crippen LogP contribution >= 0.6 is 0 Å². The highest BCUT2D eigenvalue weighted by Crippen LogP contribution is 2.29. The topological polar surface area (TPSA) is 27.0 Å². The van der Waals surface area contributed by atoms with E-state index in [-0.39, 0.29) is 0 Å². The van der Waals surface area contributed by atoms with Crippen molar-refractivity contribution in [3.8, 4) is 6.07 Å². The van der Waals surface area contributed by atoms with Crippen molar-refractivity contribution in [1.29, 1.82) is 5.26 Å². The van der Waals surface area contributed by atoms with Gasteiger partial charge >= 0.3 is 0 Å². The third-order valence-electron chi connectivity index (χ3n) is 2.93. The van der Waals surface area contributed by atoms with Crippen LogP contribution in [0.4, 0.5) is 0 Å². The largest absolute Gasteiger partial charge is 0.297 e. The molecule has 1 fully saturated rings. The maximum atomic E-state index is 8.69. The SMILES string of the molecule is CC(C)CCN(C(C)CC#N)C1CC1. The fraction of sp³-hybridized carbons (Fsp3) is 0.917. The summed E-state index contributed by atoms with van der Waals surface area (Å²) in [6.45, 7) is 7.88. The summed E-state index contributed by atoms with van der Waals surface area (Å²) < 4.78 is 0. The van der Waals surface area contributed by atoms with E-state index < -0.39 is 0 Å². The van der Waals surface area contributed by atoms with Gasteiger partial charge in [-0.05, 0) is 38.6 Å². The second-order valence-electron chi connectivity index (χ2n) is 4.86. The zero-order valence-electron chi connectivity index (χ0n) is 9.66. The minimum absolute atomic E-state index is 0.450.